The summed E-state index contributed by atoms with van der Waals surface area (Å²) >= 11 is 6.54. The Morgan fingerprint density at radius 1 is 1.32 bits per heavy atom. The topological polar surface area (TPSA) is 122 Å². The van der Waals surface area contributed by atoms with Gasteiger partial charge in [0.1, 0.15) is 30.0 Å². The number of likely N-dealkylation sites (tertiary alicyclic amines) is 1. The summed E-state index contributed by atoms with van der Waals surface area (Å²) in [5.41, 5.74) is 1.28. The zero-order valence-corrected chi connectivity index (χ0v) is 22.7. The maximum absolute atomic E-state index is 15.3. The third-order valence-corrected chi connectivity index (χ3v) is 8.74. The lowest BCUT2D eigenvalue weighted by atomic mass is 9.92. The van der Waals surface area contributed by atoms with E-state index < -0.39 is 41.9 Å². The van der Waals surface area contributed by atoms with Gasteiger partial charge in [-0.05, 0) is 43.0 Å². The number of carbonyl (C=O) groups is 1. The molecule has 3 N–H and O–H groups in total. The number of aryl methyl sites for hydroxylation is 1. The summed E-state index contributed by atoms with van der Waals surface area (Å²) in [6.45, 7) is 4.51. The maximum Gasteiger partial charge on any atom is 0.296 e. The van der Waals surface area contributed by atoms with Gasteiger partial charge in [-0.3, -0.25) is 4.79 Å². The number of aliphatic hydroxyl groups excluding tert-OH is 1. The van der Waals surface area contributed by atoms with Crippen LogP contribution in [0.5, 0.6) is 6.01 Å². The van der Waals surface area contributed by atoms with Gasteiger partial charge < -0.3 is 34.5 Å². The van der Waals surface area contributed by atoms with Crippen LogP contribution in [0.3, 0.4) is 0 Å². The van der Waals surface area contributed by atoms with E-state index in [0.717, 1.165) is 5.56 Å². The number of hydrogen-bond donors (Lipinski definition) is 3. The van der Waals surface area contributed by atoms with Gasteiger partial charge in [-0.25, -0.2) is 13.8 Å². The van der Waals surface area contributed by atoms with Crippen LogP contribution in [0.25, 0.3) is 11.2 Å². The van der Waals surface area contributed by atoms with Crippen molar-refractivity contribution in [1.29, 1.82) is 0 Å². The van der Waals surface area contributed by atoms with Gasteiger partial charge in [-0.2, -0.15) is 4.98 Å². The predicted octanol–water partition coefficient (Wildman–Crippen LogP) is 3.50. The van der Waals surface area contributed by atoms with E-state index in [1.807, 2.05) is 0 Å². The van der Waals surface area contributed by atoms with Crippen LogP contribution in [0.2, 0.25) is 5.02 Å². The number of rotatable bonds is 6. The summed E-state index contributed by atoms with van der Waals surface area (Å²) in [6.07, 6.45) is 0.0383. The van der Waals surface area contributed by atoms with Gasteiger partial charge in [0.05, 0.1) is 36.3 Å². The van der Waals surface area contributed by atoms with E-state index >= 15 is 4.39 Å². The summed E-state index contributed by atoms with van der Waals surface area (Å²) in [7, 11) is 0. The van der Waals surface area contributed by atoms with E-state index in [2.05, 4.69) is 26.8 Å². The second-order valence-corrected chi connectivity index (χ2v) is 11.3. The van der Waals surface area contributed by atoms with Gasteiger partial charge in [0.15, 0.2) is 17.4 Å². The molecule has 3 saturated heterocycles. The number of nitrogens with zero attached hydrogens (tertiary/aromatic N) is 3. The van der Waals surface area contributed by atoms with E-state index in [9.17, 15) is 14.3 Å². The molecule has 0 bridgehead atoms. The number of nitrogens with one attached hydrogen (secondary N) is 2. The number of aliphatic hydroxyl groups is 1. The third-order valence-electron chi connectivity index (χ3n) is 8.45. The molecule has 10 nitrogen and oxygen atoms in total. The van der Waals surface area contributed by atoms with Gasteiger partial charge in [0.2, 0.25) is 0 Å². The molecule has 6 atom stereocenters. The van der Waals surface area contributed by atoms with Crippen molar-refractivity contribution in [2.24, 2.45) is 0 Å². The van der Waals surface area contributed by atoms with Gasteiger partial charge in [-0.15, -0.1) is 0 Å². The van der Waals surface area contributed by atoms with Gasteiger partial charge in [0.25, 0.3) is 11.9 Å². The van der Waals surface area contributed by atoms with Crippen molar-refractivity contribution in [3.63, 3.8) is 0 Å². The molecule has 3 aliphatic heterocycles. The third kappa shape index (κ3) is 4.35. The summed E-state index contributed by atoms with van der Waals surface area (Å²) < 4.78 is 46.5. The van der Waals surface area contributed by atoms with Crippen molar-refractivity contribution in [2.75, 3.05) is 31.6 Å². The standard InChI is InChI=1S/C28H28ClF2N5O5/c1-2-28-21(12-39-23(28)20(37)11-40-28)41-27-33-19-9-16(29)24(34-25(19)35-27)32-18-4-3-13-7-14(8-17(31)22(13)18)26(38)36-6-5-15(30)10-36/h2,7-9,15,18,20-21,23,37H,1,3-6,10-12H2,(H2,32,33,34,35)/t15-,18?,20+,21+,23?,28+/m0/s1. The van der Waals surface area contributed by atoms with Crippen LogP contribution < -0.4 is 10.1 Å². The average Bonchev–Trinajstić information content (AvgIpc) is 3.76. The fourth-order valence-corrected chi connectivity index (χ4v) is 6.60. The van der Waals surface area contributed by atoms with Crippen LogP contribution >= 0.6 is 11.6 Å². The molecule has 1 aliphatic carbocycles. The Labute approximate surface area is 238 Å². The maximum atomic E-state index is 15.3. The molecular formula is C28H28ClF2N5O5. The molecule has 0 radical (unpaired) electrons. The number of anilines is 1. The first kappa shape index (κ1) is 26.6. The number of halogens is 3. The average molecular weight is 588 g/mol. The van der Waals surface area contributed by atoms with Gasteiger partial charge in [-0.1, -0.05) is 24.3 Å². The molecular weight excluding hydrogens is 560 g/mol. The number of carbonyl (C=O) groups excluding carboxylic acids is 1. The van der Waals surface area contributed by atoms with Crippen molar-refractivity contribution in [3.05, 3.63) is 58.4 Å². The number of pyridine rings is 1. The molecule has 2 unspecified atom stereocenters. The highest BCUT2D eigenvalue weighted by Gasteiger charge is 2.59. The molecule has 5 heterocycles. The minimum Gasteiger partial charge on any atom is -0.455 e. The number of alkyl halides is 1. The molecule has 2 aromatic heterocycles. The highest BCUT2D eigenvalue weighted by Crippen LogP contribution is 2.41. The fraction of sp³-hybridized carbons (Fsp3) is 0.464. The molecule has 1 aromatic carbocycles. The quantitative estimate of drug-likeness (QED) is 0.375. The van der Waals surface area contributed by atoms with E-state index in [0.29, 0.717) is 53.4 Å². The molecule has 4 aliphatic rings. The SMILES string of the molecule is C=C[C@]12OC[C@@H](O)C1OC[C@H]2Oc1nc2nc(NC3CCc4cc(C(=O)N5CC[C@H](F)C5)cc(F)c43)c(Cl)cc2[nH]1. The number of fused-ring (bicyclic) bond motifs is 3. The fourth-order valence-electron chi connectivity index (χ4n) is 6.39. The highest BCUT2D eigenvalue weighted by atomic mass is 35.5. The summed E-state index contributed by atoms with van der Waals surface area (Å²) in [4.78, 5) is 26.3. The minimum atomic E-state index is -1.04. The number of aromatic nitrogens is 3. The van der Waals surface area contributed by atoms with Crippen LogP contribution in [-0.4, -0.2) is 87.3 Å². The molecule has 1 amide bonds. The molecule has 41 heavy (non-hydrogen) atoms. The lowest BCUT2D eigenvalue weighted by Crippen LogP contribution is -2.47. The lowest BCUT2D eigenvalue weighted by molar-refractivity contribution is -0.0324. The smallest absolute Gasteiger partial charge is 0.296 e. The monoisotopic (exact) mass is 587 g/mol. The summed E-state index contributed by atoms with van der Waals surface area (Å²) in [5, 5.41) is 13.7. The largest absolute Gasteiger partial charge is 0.455 e. The number of ether oxygens (including phenoxy) is 3. The Balaban J connectivity index is 1.10. The van der Waals surface area contributed by atoms with Gasteiger partial charge in [0, 0.05) is 17.7 Å². The number of amides is 1. The van der Waals surface area contributed by atoms with Crippen LogP contribution in [0.1, 0.15) is 40.4 Å². The van der Waals surface area contributed by atoms with Crippen molar-refractivity contribution in [1.82, 2.24) is 19.9 Å². The van der Waals surface area contributed by atoms with Crippen molar-refractivity contribution < 1.29 is 32.9 Å². The van der Waals surface area contributed by atoms with Crippen molar-refractivity contribution in [2.45, 2.75) is 55.4 Å². The molecule has 7 rings (SSSR count). The second-order valence-electron chi connectivity index (χ2n) is 10.9. The minimum absolute atomic E-state index is 0.0370. The summed E-state index contributed by atoms with van der Waals surface area (Å²) in [6, 6.07) is 4.33. The normalized spacial score (nSPS) is 30.5. The second kappa shape index (κ2) is 9.90. The zero-order valence-electron chi connectivity index (χ0n) is 21.9. The predicted molar refractivity (Wildman–Crippen MR) is 144 cm³/mol. The van der Waals surface area contributed by atoms with Crippen molar-refractivity contribution in [3.8, 4) is 6.01 Å². The van der Waals surface area contributed by atoms with E-state index in [1.165, 1.54) is 11.0 Å². The van der Waals surface area contributed by atoms with E-state index in [-0.39, 0.29) is 37.2 Å². The summed E-state index contributed by atoms with van der Waals surface area (Å²) in [5.74, 6) is -0.531. The zero-order chi connectivity index (χ0) is 28.5. The van der Waals surface area contributed by atoms with Crippen LogP contribution in [-0.2, 0) is 15.9 Å². The van der Waals surface area contributed by atoms with Crippen LogP contribution in [0.15, 0.2) is 30.9 Å². The van der Waals surface area contributed by atoms with E-state index in [4.69, 9.17) is 25.8 Å². The number of hydrogen-bond acceptors (Lipinski definition) is 8. The number of benzene rings is 1. The molecule has 3 aromatic rings. The number of H-pyrrole nitrogens is 1. The number of aromatic amines is 1. The Kier molecular flexibility index (Phi) is 6.42. The first-order chi connectivity index (χ1) is 19.8. The van der Waals surface area contributed by atoms with Gasteiger partial charge >= 0.3 is 0 Å². The number of imidazole rings is 1. The Morgan fingerprint density at radius 3 is 2.95 bits per heavy atom. The van der Waals surface area contributed by atoms with Crippen LogP contribution in [0, 0.1) is 5.82 Å². The molecule has 216 valence electrons. The molecule has 3 fully saturated rings. The molecule has 13 heteroatoms. The molecule has 0 spiro atoms. The Morgan fingerprint density at radius 2 is 2.17 bits per heavy atom. The Hall–Kier alpha value is -3.32. The molecule has 0 saturated carbocycles. The lowest BCUT2D eigenvalue weighted by Gasteiger charge is -2.28. The van der Waals surface area contributed by atoms with Crippen LogP contribution in [0.4, 0.5) is 14.6 Å². The van der Waals surface area contributed by atoms with Crippen molar-refractivity contribution >= 4 is 34.5 Å². The first-order valence-electron chi connectivity index (χ1n) is 13.6. The first-order valence-corrected chi connectivity index (χ1v) is 14.0. The highest BCUT2D eigenvalue weighted by molar-refractivity contribution is 6.33. The Bertz CT molecular complexity index is 1550. The van der Waals surface area contributed by atoms with E-state index in [1.54, 1.807) is 18.2 Å².